The second-order valence-corrected chi connectivity index (χ2v) is 5.26. The minimum atomic E-state index is -0.195. The first-order valence-corrected chi connectivity index (χ1v) is 7.61. The summed E-state index contributed by atoms with van der Waals surface area (Å²) in [4.78, 5) is 22.2. The maximum Gasteiger partial charge on any atom is 0.165 e. The molecule has 0 aliphatic heterocycles. The number of aromatic hydroxyl groups is 2. The largest absolute Gasteiger partial charge is 0.504 e. The van der Waals surface area contributed by atoms with Gasteiger partial charge in [0.25, 0.3) is 0 Å². The molecule has 0 fully saturated rings. The first kappa shape index (κ1) is 18.8. The van der Waals surface area contributed by atoms with Crippen LogP contribution in [0.25, 0.3) is 17.7 Å². The first-order valence-electron chi connectivity index (χ1n) is 7.61. The van der Waals surface area contributed by atoms with Crippen LogP contribution >= 0.6 is 0 Å². The number of rotatable bonds is 7. The summed E-state index contributed by atoms with van der Waals surface area (Å²) in [7, 11) is 2.81. The molecule has 0 atom stereocenters. The molecule has 26 heavy (non-hydrogen) atoms. The van der Waals surface area contributed by atoms with E-state index in [0.717, 1.165) is 0 Å². The lowest BCUT2D eigenvalue weighted by Gasteiger charge is -2.11. The van der Waals surface area contributed by atoms with Gasteiger partial charge in [0.1, 0.15) is 6.29 Å². The Bertz CT molecular complexity index is 880. The molecule has 0 heterocycles. The molecule has 6 nitrogen and oxygen atoms in total. The number of phenols is 2. The third-order valence-corrected chi connectivity index (χ3v) is 3.65. The maximum absolute atomic E-state index is 11.6. The summed E-state index contributed by atoms with van der Waals surface area (Å²) >= 11 is 0. The summed E-state index contributed by atoms with van der Waals surface area (Å²) in [6.45, 7) is 0. The quantitative estimate of drug-likeness (QED) is 0.451. The summed E-state index contributed by atoms with van der Waals surface area (Å²) in [6.07, 6.45) is 5.59. The summed E-state index contributed by atoms with van der Waals surface area (Å²) < 4.78 is 10.2. The molecule has 0 radical (unpaired) electrons. The molecule has 6 heteroatoms. The van der Waals surface area contributed by atoms with E-state index in [4.69, 9.17) is 9.47 Å². The molecule has 0 saturated carbocycles. The van der Waals surface area contributed by atoms with Gasteiger partial charge in [0.2, 0.25) is 0 Å². The van der Waals surface area contributed by atoms with E-state index in [1.165, 1.54) is 38.5 Å². The number of ether oxygens (including phenoxy) is 2. The van der Waals surface area contributed by atoms with Gasteiger partial charge in [-0.1, -0.05) is 12.1 Å². The summed E-state index contributed by atoms with van der Waals surface area (Å²) in [5.74, 6) is 0.209. The molecule has 2 aromatic rings. The van der Waals surface area contributed by atoms with E-state index >= 15 is 0 Å². The van der Waals surface area contributed by atoms with Crippen LogP contribution in [0.2, 0.25) is 0 Å². The normalized spacial score (nSPS) is 11.4. The van der Waals surface area contributed by atoms with Crippen molar-refractivity contribution in [3.05, 3.63) is 53.1 Å². The van der Waals surface area contributed by atoms with Crippen LogP contribution < -0.4 is 9.47 Å². The fraction of sp³-hybridized carbons (Fsp3) is 0.100. The standard InChI is InChI=1S/C20H18O6/c1-25-18-10-14(5-6-17(18)23)8-15(12-22)16-9-13(4-3-7-21)11-19(26-2)20(16)24/h3-12,23-24H,1-2H3/b4-3+,15-8+. The van der Waals surface area contributed by atoms with Crippen LogP contribution in [0.4, 0.5) is 0 Å². The number of phenolic OH excluding ortho intramolecular Hbond substituents is 2. The Morgan fingerprint density at radius 1 is 0.962 bits per heavy atom. The number of carbonyl (C=O) groups is 2. The molecule has 0 aliphatic rings. The van der Waals surface area contributed by atoms with Crippen molar-refractivity contribution in [1.29, 1.82) is 0 Å². The molecule has 2 N–H and O–H groups in total. The Kier molecular flexibility index (Phi) is 6.16. The average Bonchev–Trinajstić information content (AvgIpc) is 2.66. The van der Waals surface area contributed by atoms with Crippen molar-refractivity contribution in [3.63, 3.8) is 0 Å². The second kappa shape index (κ2) is 8.53. The number of carbonyl (C=O) groups excluding carboxylic acids is 2. The lowest BCUT2D eigenvalue weighted by Crippen LogP contribution is -1.93. The van der Waals surface area contributed by atoms with Gasteiger partial charge in [0.05, 0.1) is 14.2 Å². The first-order chi connectivity index (χ1) is 12.5. The van der Waals surface area contributed by atoms with Crippen LogP contribution in [0.1, 0.15) is 16.7 Å². The van der Waals surface area contributed by atoms with Crippen LogP contribution in [-0.2, 0) is 9.59 Å². The third kappa shape index (κ3) is 4.10. The van der Waals surface area contributed by atoms with Gasteiger partial charge in [-0.15, -0.1) is 0 Å². The molecule has 0 amide bonds. The van der Waals surface area contributed by atoms with Crippen molar-refractivity contribution < 1.29 is 29.3 Å². The van der Waals surface area contributed by atoms with E-state index < -0.39 is 0 Å². The van der Waals surface area contributed by atoms with Gasteiger partial charge >= 0.3 is 0 Å². The molecule has 2 aromatic carbocycles. The number of hydrogen-bond donors (Lipinski definition) is 2. The summed E-state index contributed by atoms with van der Waals surface area (Å²) in [6, 6.07) is 7.71. The van der Waals surface area contributed by atoms with E-state index in [2.05, 4.69) is 0 Å². The van der Waals surface area contributed by atoms with Crippen LogP contribution in [0.5, 0.6) is 23.0 Å². The molecule has 2 rings (SSSR count). The Labute approximate surface area is 150 Å². The topological polar surface area (TPSA) is 93.1 Å². The Morgan fingerprint density at radius 2 is 1.65 bits per heavy atom. The predicted octanol–water partition coefficient (Wildman–Crippen LogP) is 3.07. The van der Waals surface area contributed by atoms with Crippen molar-refractivity contribution in [2.45, 2.75) is 0 Å². The van der Waals surface area contributed by atoms with Gasteiger partial charge in [-0.25, -0.2) is 0 Å². The summed E-state index contributed by atoms with van der Waals surface area (Å²) in [5, 5.41) is 20.0. The fourth-order valence-corrected chi connectivity index (χ4v) is 2.39. The Hall–Kier alpha value is -3.54. The maximum atomic E-state index is 11.6. The van der Waals surface area contributed by atoms with Gasteiger partial charge < -0.3 is 19.7 Å². The van der Waals surface area contributed by atoms with Gasteiger partial charge in [-0.05, 0) is 47.5 Å². The minimum absolute atomic E-state index is 0.0252. The average molecular weight is 354 g/mol. The van der Waals surface area contributed by atoms with Crippen molar-refractivity contribution in [2.75, 3.05) is 14.2 Å². The Balaban J connectivity index is 2.60. The summed E-state index contributed by atoms with van der Waals surface area (Å²) in [5.41, 5.74) is 1.61. The molecular weight excluding hydrogens is 336 g/mol. The molecule has 0 aliphatic carbocycles. The molecule has 0 saturated heterocycles. The van der Waals surface area contributed by atoms with Gasteiger partial charge in [-0.3, -0.25) is 9.59 Å². The Morgan fingerprint density at radius 3 is 2.27 bits per heavy atom. The number of aldehydes is 2. The molecule has 0 unspecified atom stereocenters. The zero-order chi connectivity index (χ0) is 19.1. The van der Waals surface area contributed by atoms with Crippen molar-refractivity contribution in [3.8, 4) is 23.0 Å². The molecule has 0 bridgehead atoms. The van der Waals surface area contributed by atoms with Crippen LogP contribution in [0, 0.1) is 0 Å². The smallest absolute Gasteiger partial charge is 0.165 e. The highest BCUT2D eigenvalue weighted by molar-refractivity contribution is 6.14. The zero-order valence-corrected chi connectivity index (χ0v) is 14.3. The number of allylic oxidation sites excluding steroid dienone is 2. The van der Waals surface area contributed by atoms with Crippen LogP contribution in [-0.4, -0.2) is 37.0 Å². The van der Waals surface area contributed by atoms with Crippen molar-refractivity contribution >= 4 is 30.3 Å². The molecule has 0 spiro atoms. The third-order valence-electron chi connectivity index (χ3n) is 3.65. The monoisotopic (exact) mass is 354 g/mol. The van der Waals surface area contributed by atoms with Gasteiger partial charge in [0.15, 0.2) is 29.3 Å². The van der Waals surface area contributed by atoms with Crippen molar-refractivity contribution in [2.24, 2.45) is 0 Å². The van der Waals surface area contributed by atoms with Gasteiger partial charge in [-0.2, -0.15) is 0 Å². The highest BCUT2D eigenvalue weighted by Gasteiger charge is 2.14. The minimum Gasteiger partial charge on any atom is -0.504 e. The predicted molar refractivity (Wildman–Crippen MR) is 98.4 cm³/mol. The van der Waals surface area contributed by atoms with Crippen molar-refractivity contribution in [1.82, 2.24) is 0 Å². The van der Waals surface area contributed by atoms with E-state index in [-0.39, 0.29) is 34.1 Å². The number of benzene rings is 2. The van der Waals surface area contributed by atoms with E-state index in [1.807, 2.05) is 0 Å². The highest BCUT2D eigenvalue weighted by Crippen LogP contribution is 2.37. The fourth-order valence-electron chi connectivity index (χ4n) is 2.39. The number of methoxy groups -OCH3 is 2. The van der Waals surface area contributed by atoms with E-state index in [0.29, 0.717) is 23.7 Å². The lowest BCUT2D eigenvalue weighted by molar-refractivity contribution is -0.104. The highest BCUT2D eigenvalue weighted by atomic mass is 16.5. The lowest BCUT2D eigenvalue weighted by atomic mass is 9.99. The molecule has 0 aromatic heterocycles. The molecule has 134 valence electrons. The van der Waals surface area contributed by atoms with Crippen LogP contribution in [0.15, 0.2) is 36.4 Å². The SMILES string of the molecule is COc1cc(/C=C(\C=O)c2cc(/C=C/C=O)cc(OC)c2O)ccc1O. The van der Waals surface area contributed by atoms with Crippen LogP contribution in [0.3, 0.4) is 0 Å². The second-order valence-electron chi connectivity index (χ2n) is 5.26. The van der Waals surface area contributed by atoms with E-state index in [1.54, 1.807) is 24.3 Å². The number of hydrogen-bond acceptors (Lipinski definition) is 6. The van der Waals surface area contributed by atoms with E-state index in [9.17, 15) is 19.8 Å². The van der Waals surface area contributed by atoms with Gasteiger partial charge in [0, 0.05) is 11.1 Å². The molecular formula is C20H18O6. The zero-order valence-electron chi connectivity index (χ0n) is 14.3.